The first-order chi connectivity index (χ1) is 12.0. The molecule has 2 aromatic carbocycles. The number of carbonyl (C=O) groups excluding carboxylic acids is 1. The summed E-state index contributed by atoms with van der Waals surface area (Å²) in [6.07, 6.45) is 1.57. The van der Waals surface area contributed by atoms with Crippen molar-refractivity contribution in [1.29, 1.82) is 0 Å². The lowest BCUT2D eigenvalue weighted by Crippen LogP contribution is -2.09. The highest BCUT2D eigenvalue weighted by molar-refractivity contribution is 6.30. The molecule has 5 heteroatoms. The molecule has 1 heterocycles. The highest BCUT2D eigenvalue weighted by Gasteiger charge is 2.18. The Morgan fingerprint density at radius 3 is 2.60 bits per heavy atom. The van der Waals surface area contributed by atoms with Crippen molar-refractivity contribution in [1.82, 2.24) is 4.98 Å². The lowest BCUT2D eigenvalue weighted by Gasteiger charge is -2.15. The fraction of sp³-hybridized carbons (Fsp3) is 0.200. The molecule has 0 aliphatic rings. The van der Waals surface area contributed by atoms with Gasteiger partial charge in [0, 0.05) is 22.3 Å². The molecule has 0 bridgehead atoms. The number of fused-ring (bicyclic) bond motifs is 1. The number of hydrogen-bond acceptors (Lipinski definition) is 4. The summed E-state index contributed by atoms with van der Waals surface area (Å²) in [5.41, 5.74) is 4.96. The number of benzene rings is 2. The van der Waals surface area contributed by atoms with Crippen LogP contribution < -0.4 is 5.32 Å². The van der Waals surface area contributed by atoms with Gasteiger partial charge in [-0.2, -0.15) is 0 Å². The fourth-order valence-electron chi connectivity index (χ4n) is 2.84. The minimum absolute atomic E-state index is 0.310. The lowest BCUT2D eigenvalue weighted by atomic mass is 10.0. The van der Waals surface area contributed by atoms with Gasteiger partial charge in [0.1, 0.15) is 5.56 Å². The highest BCUT2D eigenvalue weighted by Crippen LogP contribution is 2.32. The average molecular weight is 355 g/mol. The van der Waals surface area contributed by atoms with Crippen molar-refractivity contribution in [3.8, 4) is 0 Å². The van der Waals surface area contributed by atoms with E-state index in [1.54, 1.807) is 25.3 Å². The molecule has 0 fully saturated rings. The van der Waals surface area contributed by atoms with Crippen LogP contribution in [0.25, 0.3) is 10.9 Å². The molecule has 0 spiro atoms. The van der Waals surface area contributed by atoms with Crippen LogP contribution in [0.4, 0.5) is 11.4 Å². The molecular weight excluding hydrogens is 336 g/mol. The van der Waals surface area contributed by atoms with Crippen LogP contribution in [0.3, 0.4) is 0 Å². The lowest BCUT2D eigenvalue weighted by molar-refractivity contribution is 0.0527. The minimum Gasteiger partial charge on any atom is -0.462 e. The zero-order chi connectivity index (χ0) is 18.0. The zero-order valence-corrected chi connectivity index (χ0v) is 15.1. The smallest absolute Gasteiger partial charge is 0.341 e. The normalized spacial score (nSPS) is 10.7. The van der Waals surface area contributed by atoms with Crippen molar-refractivity contribution in [3.05, 3.63) is 64.3 Å². The number of aryl methyl sites for hydroxylation is 2. The summed E-state index contributed by atoms with van der Waals surface area (Å²) in [6, 6.07) is 11.4. The van der Waals surface area contributed by atoms with E-state index < -0.39 is 5.97 Å². The molecule has 0 unspecified atom stereocenters. The maximum absolute atomic E-state index is 12.4. The molecule has 1 N–H and O–H groups in total. The molecule has 0 saturated heterocycles. The van der Waals surface area contributed by atoms with Crippen LogP contribution in [0.5, 0.6) is 0 Å². The van der Waals surface area contributed by atoms with Crippen molar-refractivity contribution in [2.45, 2.75) is 20.8 Å². The second-order valence-corrected chi connectivity index (χ2v) is 6.31. The van der Waals surface area contributed by atoms with Crippen LogP contribution in [0.2, 0.25) is 5.02 Å². The van der Waals surface area contributed by atoms with Gasteiger partial charge in [0.15, 0.2) is 0 Å². The van der Waals surface area contributed by atoms with Crippen LogP contribution in [-0.2, 0) is 4.74 Å². The Labute approximate surface area is 151 Å². The highest BCUT2D eigenvalue weighted by atomic mass is 35.5. The first kappa shape index (κ1) is 17.2. The van der Waals surface area contributed by atoms with Crippen LogP contribution in [0.1, 0.15) is 28.4 Å². The van der Waals surface area contributed by atoms with E-state index in [0.717, 1.165) is 27.7 Å². The third-order valence-electron chi connectivity index (χ3n) is 3.92. The minimum atomic E-state index is -0.396. The quantitative estimate of drug-likeness (QED) is 0.635. The van der Waals surface area contributed by atoms with E-state index in [-0.39, 0.29) is 0 Å². The standard InChI is InChI=1S/C20H19ClN2O2/c1-4-25-20(24)17-11-22-18-13(3)9-12(2)10-16(18)19(17)23-15-7-5-14(21)6-8-15/h5-11H,4H2,1-3H3,(H,22,23). The van der Waals surface area contributed by atoms with E-state index in [9.17, 15) is 4.79 Å². The molecule has 0 amide bonds. The number of halogens is 1. The van der Waals surface area contributed by atoms with Gasteiger partial charge in [-0.05, 0) is 56.7 Å². The SMILES string of the molecule is CCOC(=O)c1cnc2c(C)cc(C)cc2c1Nc1ccc(Cl)cc1. The van der Waals surface area contributed by atoms with Crippen LogP contribution >= 0.6 is 11.6 Å². The molecule has 0 saturated carbocycles. The van der Waals surface area contributed by atoms with E-state index in [2.05, 4.69) is 16.4 Å². The Bertz CT molecular complexity index is 937. The first-order valence-electron chi connectivity index (χ1n) is 8.09. The Kier molecular flexibility index (Phi) is 4.91. The van der Waals surface area contributed by atoms with Gasteiger partial charge in [0.05, 0.1) is 17.8 Å². The van der Waals surface area contributed by atoms with Crippen LogP contribution in [-0.4, -0.2) is 17.6 Å². The van der Waals surface area contributed by atoms with Gasteiger partial charge in [-0.15, -0.1) is 0 Å². The summed E-state index contributed by atoms with van der Waals surface area (Å²) in [6.45, 7) is 6.13. The fourth-order valence-corrected chi connectivity index (χ4v) is 2.96. The molecule has 25 heavy (non-hydrogen) atoms. The number of carbonyl (C=O) groups is 1. The second-order valence-electron chi connectivity index (χ2n) is 5.88. The van der Waals surface area contributed by atoms with Crippen LogP contribution in [0, 0.1) is 13.8 Å². The molecule has 0 atom stereocenters. The molecule has 3 rings (SSSR count). The topological polar surface area (TPSA) is 51.2 Å². The molecule has 0 aliphatic heterocycles. The summed E-state index contributed by atoms with van der Waals surface area (Å²) in [5.74, 6) is -0.396. The summed E-state index contributed by atoms with van der Waals surface area (Å²) >= 11 is 5.96. The van der Waals surface area contributed by atoms with Crippen molar-refractivity contribution < 1.29 is 9.53 Å². The predicted molar refractivity (Wildman–Crippen MR) is 102 cm³/mol. The van der Waals surface area contributed by atoms with E-state index in [0.29, 0.717) is 22.9 Å². The van der Waals surface area contributed by atoms with Gasteiger partial charge in [-0.25, -0.2) is 4.79 Å². The number of pyridine rings is 1. The van der Waals surface area contributed by atoms with Gasteiger partial charge >= 0.3 is 5.97 Å². The van der Waals surface area contributed by atoms with Gasteiger partial charge < -0.3 is 10.1 Å². The van der Waals surface area contributed by atoms with Crippen LogP contribution in [0.15, 0.2) is 42.6 Å². The van der Waals surface area contributed by atoms with Gasteiger partial charge in [-0.3, -0.25) is 4.98 Å². The number of rotatable bonds is 4. The van der Waals surface area contributed by atoms with Crippen molar-refractivity contribution in [2.24, 2.45) is 0 Å². The van der Waals surface area contributed by atoms with E-state index >= 15 is 0 Å². The van der Waals surface area contributed by atoms with E-state index in [1.807, 2.05) is 32.0 Å². The van der Waals surface area contributed by atoms with E-state index in [1.165, 1.54) is 0 Å². The van der Waals surface area contributed by atoms with Crippen molar-refractivity contribution in [3.63, 3.8) is 0 Å². The summed E-state index contributed by atoms with van der Waals surface area (Å²) in [4.78, 5) is 16.9. The molecule has 0 aliphatic carbocycles. The Morgan fingerprint density at radius 1 is 1.20 bits per heavy atom. The maximum Gasteiger partial charge on any atom is 0.341 e. The first-order valence-corrected chi connectivity index (χ1v) is 8.47. The van der Waals surface area contributed by atoms with Gasteiger partial charge in [0.25, 0.3) is 0 Å². The number of nitrogens with one attached hydrogen (secondary N) is 1. The molecule has 1 aromatic heterocycles. The molecule has 4 nitrogen and oxygen atoms in total. The van der Waals surface area contributed by atoms with Gasteiger partial charge in [-0.1, -0.05) is 23.2 Å². The Morgan fingerprint density at radius 2 is 1.92 bits per heavy atom. The van der Waals surface area contributed by atoms with Crippen molar-refractivity contribution >= 4 is 39.8 Å². The molecule has 3 aromatic rings. The van der Waals surface area contributed by atoms with E-state index in [4.69, 9.17) is 16.3 Å². The Hall–Kier alpha value is -2.59. The number of hydrogen-bond donors (Lipinski definition) is 1. The zero-order valence-electron chi connectivity index (χ0n) is 14.4. The number of ether oxygens (including phenoxy) is 1. The molecular formula is C20H19ClN2O2. The third kappa shape index (κ3) is 3.59. The summed E-state index contributed by atoms with van der Waals surface area (Å²) < 4.78 is 5.19. The maximum atomic E-state index is 12.4. The number of esters is 1. The third-order valence-corrected chi connectivity index (χ3v) is 4.17. The predicted octanol–water partition coefficient (Wildman–Crippen LogP) is 5.43. The molecule has 0 radical (unpaired) electrons. The monoisotopic (exact) mass is 354 g/mol. The largest absolute Gasteiger partial charge is 0.462 e. The number of nitrogens with zero attached hydrogens (tertiary/aromatic N) is 1. The number of aromatic nitrogens is 1. The second kappa shape index (κ2) is 7.11. The van der Waals surface area contributed by atoms with Crippen molar-refractivity contribution in [2.75, 3.05) is 11.9 Å². The number of anilines is 2. The summed E-state index contributed by atoms with van der Waals surface area (Å²) in [7, 11) is 0. The summed E-state index contributed by atoms with van der Waals surface area (Å²) in [5, 5.41) is 4.88. The van der Waals surface area contributed by atoms with Gasteiger partial charge in [0.2, 0.25) is 0 Å². The Balaban J connectivity index is 2.21. The molecule has 128 valence electrons. The average Bonchev–Trinajstić information content (AvgIpc) is 2.57.